The molecule has 2 aromatic rings. The van der Waals surface area contributed by atoms with Gasteiger partial charge in [-0.25, -0.2) is 0 Å². The van der Waals surface area contributed by atoms with Crippen molar-refractivity contribution in [2.45, 2.75) is 63.7 Å². The molecule has 0 aliphatic carbocycles. The normalized spacial score (nSPS) is 23.6. The first-order chi connectivity index (χ1) is 34.9. The number of rotatable bonds is 7. The van der Waals surface area contributed by atoms with Gasteiger partial charge in [0.25, 0.3) is 0 Å². The SMILES string of the molecule is c1cc(C(N2CCCNCCNCCCNCC2)N2CCCNCCNCCCNCC2)cc(-c2cc(C(N3CCCNCCNCCCNCC3)N3CCCNCCNCCCNCC3)ccn2)n1. The summed E-state index contributed by atoms with van der Waals surface area (Å²) in [6, 6.07) is 9.36. The van der Waals surface area contributed by atoms with Crippen molar-refractivity contribution in [2.24, 2.45) is 0 Å². The summed E-state index contributed by atoms with van der Waals surface area (Å²) < 4.78 is 0. The summed E-state index contributed by atoms with van der Waals surface area (Å²) in [6.45, 7) is 32.3. The molecule has 0 spiro atoms. The van der Waals surface area contributed by atoms with E-state index >= 15 is 0 Å². The van der Waals surface area contributed by atoms with Crippen molar-refractivity contribution in [1.29, 1.82) is 0 Å². The molecule has 0 bridgehead atoms. The summed E-state index contributed by atoms with van der Waals surface area (Å²) in [5.74, 6) is 0. The predicted molar refractivity (Wildman–Crippen MR) is 291 cm³/mol. The van der Waals surface area contributed by atoms with Gasteiger partial charge in [-0.2, -0.15) is 0 Å². The number of hydrogen-bond acceptors (Lipinski definition) is 18. The molecule has 4 aliphatic rings. The van der Waals surface area contributed by atoms with Gasteiger partial charge in [-0.15, -0.1) is 0 Å². The van der Waals surface area contributed by atoms with Gasteiger partial charge in [0.2, 0.25) is 0 Å². The van der Waals surface area contributed by atoms with Gasteiger partial charge in [0, 0.05) is 143 Å². The quantitative estimate of drug-likeness (QED) is 0.172. The van der Waals surface area contributed by atoms with E-state index < -0.39 is 0 Å². The Kier molecular flexibility index (Phi) is 30.4. The van der Waals surface area contributed by atoms with E-state index in [0.717, 1.165) is 272 Å². The van der Waals surface area contributed by atoms with Crippen molar-refractivity contribution in [1.82, 2.24) is 93.4 Å². The van der Waals surface area contributed by atoms with Crippen LogP contribution in [0.25, 0.3) is 11.4 Å². The van der Waals surface area contributed by atoms with Crippen LogP contribution in [0.1, 0.15) is 74.8 Å². The number of hydrogen-bond donors (Lipinski definition) is 12. The first-order valence-electron chi connectivity index (χ1n) is 28.2. The van der Waals surface area contributed by atoms with Crippen LogP contribution < -0.4 is 63.8 Å². The van der Waals surface area contributed by atoms with Crippen LogP contribution in [0.15, 0.2) is 36.7 Å². The molecule has 18 heteroatoms. The summed E-state index contributed by atoms with van der Waals surface area (Å²) in [7, 11) is 0. The third-order valence-corrected chi connectivity index (χ3v) is 14.1. The Morgan fingerprint density at radius 2 is 0.500 bits per heavy atom. The average molecular weight is 977 g/mol. The maximum atomic E-state index is 5.16. The molecule has 0 unspecified atom stereocenters. The highest BCUT2D eigenvalue weighted by atomic mass is 15.4. The summed E-state index contributed by atoms with van der Waals surface area (Å²) in [5, 5.41) is 44.6. The molecule has 398 valence electrons. The van der Waals surface area contributed by atoms with Crippen LogP contribution in [0.3, 0.4) is 0 Å². The van der Waals surface area contributed by atoms with Crippen LogP contribution in [0.2, 0.25) is 0 Å². The molecule has 4 aliphatic heterocycles. The van der Waals surface area contributed by atoms with Gasteiger partial charge in [-0.1, -0.05) is 0 Å². The van der Waals surface area contributed by atoms with E-state index in [-0.39, 0.29) is 12.3 Å². The second-order valence-corrected chi connectivity index (χ2v) is 19.7. The van der Waals surface area contributed by atoms with Gasteiger partial charge in [-0.3, -0.25) is 29.6 Å². The fraction of sp³-hybridized carbons (Fsp3) is 0.808. The lowest BCUT2D eigenvalue weighted by Gasteiger charge is -2.41. The Morgan fingerprint density at radius 1 is 0.271 bits per heavy atom. The van der Waals surface area contributed by atoms with E-state index in [4.69, 9.17) is 9.97 Å². The molecule has 0 radical (unpaired) electrons. The van der Waals surface area contributed by atoms with Gasteiger partial charge in [-0.05, 0) is 165 Å². The monoisotopic (exact) mass is 977 g/mol. The van der Waals surface area contributed by atoms with Crippen LogP contribution >= 0.6 is 0 Å². The Morgan fingerprint density at radius 3 is 0.757 bits per heavy atom. The third-order valence-electron chi connectivity index (χ3n) is 14.1. The van der Waals surface area contributed by atoms with Gasteiger partial charge < -0.3 is 63.8 Å². The Balaban J connectivity index is 1.33. The zero-order valence-electron chi connectivity index (χ0n) is 43.6. The highest BCUT2D eigenvalue weighted by Gasteiger charge is 2.30. The highest BCUT2D eigenvalue weighted by molar-refractivity contribution is 5.56. The van der Waals surface area contributed by atoms with Gasteiger partial charge >= 0.3 is 0 Å². The smallest absolute Gasteiger partial charge is 0.0890 e. The minimum atomic E-state index is 0.103. The van der Waals surface area contributed by atoms with E-state index in [1.807, 2.05) is 0 Å². The molecule has 0 atom stereocenters. The average Bonchev–Trinajstić information content (AvgIpc) is 3.38. The Labute approximate surface area is 424 Å². The largest absolute Gasteiger partial charge is 0.315 e. The molecule has 4 fully saturated rings. The third kappa shape index (κ3) is 22.8. The number of pyridine rings is 2. The van der Waals surface area contributed by atoms with Crippen molar-refractivity contribution in [3.8, 4) is 11.4 Å². The van der Waals surface area contributed by atoms with E-state index in [1.165, 1.54) is 11.1 Å². The molecule has 12 N–H and O–H groups in total. The van der Waals surface area contributed by atoms with Crippen molar-refractivity contribution in [3.05, 3.63) is 47.8 Å². The van der Waals surface area contributed by atoms with Gasteiger partial charge in [0.15, 0.2) is 0 Å². The molecule has 2 aromatic heterocycles. The van der Waals surface area contributed by atoms with Gasteiger partial charge in [0.05, 0.1) is 23.7 Å². The maximum absolute atomic E-state index is 5.16. The van der Waals surface area contributed by atoms with Gasteiger partial charge in [0.1, 0.15) is 0 Å². The second-order valence-electron chi connectivity index (χ2n) is 19.7. The fourth-order valence-corrected chi connectivity index (χ4v) is 10.3. The molecule has 0 amide bonds. The number of nitrogens with one attached hydrogen (secondary N) is 12. The minimum Gasteiger partial charge on any atom is -0.315 e. The maximum Gasteiger partial charge on any atom is 0.0890 e. The van der Waals surface area contributed by atoms with Crippen molar-refractivity contribution in [2.75, 3.05) is 209 Å². The molecule has 70 heavy (non-hydrogen) atoms. The molecular formula is C52H100N18. The van der Waals surface area contributed by atoms with Crippen LogP contribution in [0.4, 0.5) is 0 Å². The zero-order valence-corrected chi connectivity index (χ0v) is 43.6. The molecular weight excluding hydrogens is 877 g/mol. The fourth-order valence-electron chi connectivity index (χ4n) is 10.3. The highest BCUT2D eigenvalue weighted by Crippen LogP contribution is 2.31. The van der Waals surface area contributed by atoms with Crippen LogP contribution in [-0.4, -0.2) is 239 Å². The minimum absolute atomic E-state index is 0.103. The summed E-state index contributed by atoms with van der Waals surface area (Å²) in [6.07, 6.45) is 13.3. The molecule has 4 saturated heterocycles. The molecule has 6 rings (SSSR count). The molecule has 18 nitrogen and oxygen atoms in total. The standard InChI is InChI=1S/C52H100N18/c1-11-53-25-29-57-19-5-37-67(41-33-61-15-1)51(68-38-6-20-58-30-26-54-12-2-16-62-34-42-68)47-9-23-65-49(45-47)50-46-48(10-24-66-50)52(69-39-7-21-59-31-27-55-13-3-17-63-35-43-69)70-40-8-22-60-32-28-56-14-4-18-64-36-44-70/h9-10,23-24,45-46,51-64H,1-8,11-22,25-44H2. The van der Waals surface area contributed by atoms with E-state index in [9.17, 15) is 0 Å². The van der Waals surface area contributed by atoms with E-state index in [1.54, 1.807) is 0 Å². The number of nitrogens with zero attached hydrogens (tertiary/aromatic N) is 6. The lowest BCUT2D eigenvalue weighted by Crippen LogP contribution is -2.48. The molecule has 6 heterocycles. The van der Waals surface area contributed by atoms with Crippen LogP contribution in [-0.2, 0) is 0 Å². The van der Waals surface area contributed by atoms with Crippen molar-refractivity contribution in [3.63, 3.8) is 0 Å². The zero-order chi connectivity index (χ0) is 48.2. The van der Waals surface area contributed by atoms with Crippen molar-refractivity contribution >= 4 is 0 Å². The lowest BCUT2D eigenvalue weighted by atomic mass is 10.0. The van der Waals surface area contributed by atoms with Crippen molar-refractivity contribution < 1.29 is 0 Å². The summed E-state index contributed by atoms with van der Waals surface area (Å²) in [5.41, 5.74) is 4.51. The Hall–Kier alpha value is -2.34. The first-order valence-corrected chi connectivity index (χ1v) is 28.2. The second kappa shape index (κ2) is 37.4. The first kappa shape index (κ1) is 56.9. The molecule has 0 aromatic carbocycles. The van der Waals surface area contributed by atoms with E-state index in [0.29, 0.717) is 0 Å². The summed E-state index contributed by atoms with van der Waals surface area (Å²) >= 11 is 0. The molecule has 0 saturated carbocycles. The topological polar surface area (TPSA) is 183 Å². The van der Waals surface area contributed by atoms with E-state index in [2.05, 4.69) is 120 Å². The Bertz CT molecular complexity index is 1340. The number of aromatic nitrogens is 2. The lowest BCUT2D eigenvalue weighted by molar-refractivity contribution is 0.0393. The predicted octanol–water partition coefficient (Wildman–Crippen LogP) is -0.401. The van der Waals surface area contributed by atoms with Crippen LogP contribution in [0, 0.1) is 0 Å². The van der Waals surface area contributed by atoms with Crippen LogP contribution in [0.5, 0.6) is 0 Å². The summed E-state index contributed by atoms with van der Waals surface area (Å²) in [4.78, 5) is 21.4.